The van der Waals surface area contributed by atoms with Crippen molar-refractivity contribution in [1.82, 2.24) is 4.57 Å². The molecule has 1 heterocycles. The quantitative estimate of drug-likeness (QED) is 0.812. The second-order valence-corrected chi connectivity index (χ2v) is 6.32. The molecule has 1 aromatic carbocycles. The lowest BCUT2D eigenvalue weighted by Gasteiger charge is -2.13. The number of nitrogens with zero attached hydrogens (tertiary/aromatic N) is 1. The van der Waals surface area contributed by atoms with Gasteiger partial charge >= 0.3 is 0 Å². The zero-order valence-electron chi connectivity index (χ0n) is 10.1. The molecular weight excluding hydrogens is 274 g/mol. The lowest BCUT2D eigenvalue weighted by molar-refractivity contribution is 0.211. The van der Waals surface area contributed by atoms with Gasteiger partial charge in [0.1, 0.15) is 0 Å². The van der Waals surface area contributed by atoms with E-state index in [4.69, 9.17) is 15.8 Å². The molecule has 1 aromatic heterocycles. The zero-order chi connectivity index (χ0) is 13.3. The van der Waals surface area contributed by atoms with Gasteiger partial charge in [0.05, 0.1) is 18.9 Å². The molecule has 6 heteroatoms. The van der Waals surface area contributed by atoms with E-state index < -0.39 is 16.2 Å². The Morgan fingerprint density at radius 3 is 2.78 bits per heavy atom. The molecular formula is C12H14ClNO3S. The van der Waals surface area contributed by atoms with E-state index >= 15 is 0 Å². The first-order valence-corrected chi connectivity index (χ1v) is 7.67. The van der Waals surface area contributed by atoms with E-state index in [9.17, 15) is 8.42 Å². The van der Waals surface area contributed by atoms with Gasteiger partial charge < -0.3 is 4.57 Å². The van der Waals surface area contributed by atoms with Gasteiger partial charge in [-0.05, 0) is 31.2 Å². The highest BCUT2D eigenvalue weighted by atomic mass is 35.5. The summed E-state index contributed by atoms with van der Waals surface area (Å²) in [5, 5.41) is 1.70. The van der Waals surface area contributed by atoms with E-state index in [2.05, 4.69) is 0 Å². The SMILES string of the molecule is CC(Cn1ccc2cc(Cl)ccc21)OS(C)(=O)=O. The van der Waals surface area contributed by atoms with Crippen molar-refractivity contribution >= 4 is 32.6 Å². The number of hydrogen-bond donors (Lipinski definition) is 0. The summed E-state index contributed by atoms with van der Waals surface area (Å²) in [6.07, 6.45) is 2.53. The molecule has 0 radical (unpaired) electrons. The molecule has 0 N–H and O–H groups in total. The lowest BCUT2D eigenvalue weighted by Crippen LogP contribution is -2.19. The number of aromatic nitrogens is 1. The van der Waals surface area contributed by atoms with Gasteiger partial charge in [0, 0.05) is 22.1 Å². The van der Waals surface area contributed by atoms with Crippen molar-refractivity contribution in [3.05, 3.63) is 35.5 Å². The van der Waals surface area contributed by atoms with Gasteiger partial charge in [0.2, 0.25) is 0 Å². The highest BCUT2D eigenvalue weighted by Crippen LogP contribution is 2.21. The highest BCUT2D eigenvalue weighted by Gasteiger charge is 2.12. The third-order valence-corrected chi connectivity index (χ3v) is 3.44. The minimum Gasteiger partial charge on any atom is -0.345 e. The van der Waals surface area contributed by atoms with Crippen LogP contribution in [-0.2, 0) is 20.8 Å². The van der Waals surface area contributed by atoms with Crippen LogP contribution in [0.1, 0.15) is 6.92 Å². The Kier molecular flexibility index (Phi) is 3.66. The molecule has 98 valence electrons. The molecule has 0 fully saturated rings. The Morgan fingerprint density at radius 2 is 2.11 bits per heavy atom. The van der Waals surface area contributed by atoms with Crippen molar-refractivity contribution in [2.45, 2.75) is 19.6 Å². The fourth-order valence-corrected chi connectivity index (χ4v) is 2.77. The van der Waals surface area contributed by atoms with Crippen LogP contribution in [0.4, 0.5) is 0 Å². The van der Waals surface area contributed by atoms with Crippen molar-refractivity contribution in [3.63, 3.8) is 0 Å². The van der Waals surface area contributed by atoms with Crippen LogP contribution in [0.5, 0.6) is 0 Å². The molecule has 2 rings (SSSR count). The molecule has 1 unspecified atom stereocenters. The summed E-state index contributed by atoms with van der Waals surface area (Å²) >= 11 is 5.91. The lowest BCUT2D eigenvalue weighted by atomic mass is 10.2. The molecule has 0 saturated carbocycles. The summed E-state index contributed by atoms with van der Waals surface area (Å²) in [7, 11) is -3.42. The first kappa shape index (κ1) is 13.4. The van der Waals surface area contributed by atoms with E-state index in [0.29, 0.717) is 11.6 Å². The van der Waals surface area contributed by atoms with Crippen LogP contribution in [0.2, 0.25) is 5.02 Å². The van der Waals surface area contributed by atoms with Crippen LogP contribution in [0.15, 0.2) is 30.5 Å². The molecule has 0 aliphatic rings. The summed E-state index contributed by atoms with van der Waals surface area (Å²) in [5.41, 5.74) is 1.00. The maximum Gasteiger partial charge on any atom is 0.264 e. The second-order valence-electron chi connectivity index (χ2n) is 4.28. The summed E-state index contributed by atoms with van der Waals surface area (Å²) in [6, 6.07) is 7.52. The minimum absolute atomic E-state index is 0.411. The third kappa shape index (κ3) is 3.25. The molecule has 0 saturated heterocycles. The van der Waals surface area contributed by atoms with Crippen molar-refractivity contribution in [1.29, 1.82) is 0 Å². The van der Waals surface area contributed by atoms with Gasteiger partial charge in [0.25, 0.3) is 10.1 Å². The topological polar surface area (TPSA) is 48.3 Å². The van der Waals surface area contributed by atoms with E-state index in [1.807, 2.05) is 35.0 Å². The number of hydrogen-bond acceptors (Lipinski definition) is 3. The molecule has 0 spiro atoms. The minimum atomic E-state index is -3.42. The Hall–Kier alpha value is -1.04. The first-order valence-electron chi connectivity index (χ1n) is 5.48. The molecule has 0 aliphatic carbocycles. The van der Waals surface area contributed by atoms with Gasteiger partial charge in [-0.1, -0.05) is 11.6 Å². The predicted molar refractivity (Wildman–Crippen MR) is 72.3 cm³/mol. The smallest absolute Gasteiger partial charge is 0.264 e. The maximum atomic E-state index is 11.0. The second kappa shape index (κ2) is 4.91. The average Bonchev–Trinajstić information content (AvgIpc) is 2.57. The number of rotatable bonds is 4. The average molecular weight is 288 g/mol. The summed E-state index contributed by atoms with van der Waals surface area (Å²) in [6.45, 7) is 2.20. The molecule has 2 aromatic rings. The Balaban J connectivity index is 2.22. The number of fused-ring (bicyclic) bond motifs is 1. The monoisotopic (exact) mass is 287 g/mol. The van der Waals surface area contributed by atoms with E-state index in [1.54, 1.807) is 6.92 Å². The number of halogens is 1. The predicted octanol–water partition coefficient (Wildman–Crippen LogP) is 2.66. The zero-order valence-corrected chi connectivity index (χ0v) is 11.7. The van der Waals surface area contributed by atoms with Crippen molar-refractivity contribution in [2.24, 2.45) is 0 Å². The van der Waals surface area contributed by atoms with Crippen molar-refractivity contribution in [2.75, 3.05) is 6.26 Å². The van der Waals surface area contributed by atoms with E-state index in [1.165, 1.54) is 0 Å². The van der Waals surface area contributed by atoms with Crippen LogP contribution in [-0.4, -0.2) is 25.3 Å². The highest BCUT2D eigenvalue weighted by molar-refractivity contribution is 7.86. The van der Waals surface area contributed by atoms with Gasteiger partial charge in [0.15, 0.2) is 0 Å². The first-order chi connectivity index (χ1) is 8.35. The molecule has 4 nitrogen and oxygen atoms in total. The fraction of sp³-hybridized carbons (Fsp3) is 0.333. The molecule has 0 amide bonds. The van der Waals surface area contributed by atoms with E-state index in [0.717, 1.165) is 17.2 Å². The molecule has 1 atom stereocenters. The standard InChI is InChI=1S/C12H14ClNO3S/c1-9(17-18(2,15)16)8-14-6-5-10-7-11(13)3-4-12(10)14/h3-7,9H,8H2,1-2H3. The Morgan fingerprint density at radius 1 is 1.39 bits per heavy atom. The molecule has 0 aliphatic heterocycles. The molecule has 0 bridgehead atoms. The molecule has 18 heavy (non-hydrogen) atoms. The summed E-state index contributed by atoms with van der Waals surface area (Å²) in [5.74, 6) is 0. The van der Waals surface area contributed by atoms with Crippen LogP contribution in [0.3, 0.4) is 0 Å². The van der Waals surface area contributed by atoms with Crippen molar-refractivity contribution < 1.29 is 12.6 Å². The summed E-state index contributed by atoms with van der Waals surface area (Å²) < 4.78 is 28.9. The maximum absolute atomic E-state index is 11.0. The van der Waals surface area contributed by atoms with Gasteiger partial charge in [-0.3, -0.25) is 4.18 Å². The Bertz CT molecular complexity index is 663. The van der Waals surface area contributed by atoms with E-state index in [-0.39, 0.29) is 0 Å². The van der Waals surface area contributed by atoms with Gasteiger partial charge in [-0.25, -0.2) is 0 Å². The van der Waals surface area contributed by atoms with Gasteiger partial charge in [-0.15, -0.1) is 0 Å². The largest absolute Gasteiger partial charge is 0.345 e. The number of benzene rings is 1. The summed E-state index contributed by atoms with van der Waals surface area (Å²) in [4.78, 5) is 0. The van der Waals surface area contributed by atoms with Crippen LogP contribution < -0.4 is 0 Å². The van der Waals surface area contributed by atoms with Crippen LogP contribution >= 0.6 is 11.6 Å². The fourth-order valence-electron chi connectivity index (χ4n) is 1.94. The van der Waals surface area contributed by atoms with Crippen LogP contribution in [0.25, 0.3) is 10.9 Å². The normalized spacial score (nSPS) is 13.9. The van der Waals surface area contributed by atoms with Crippen LogP contribution in [0, 0.1) is 0 Å². The Labute approximate surface area is 111 Å². The van der Waals surface area contributed by atoms with Gasteiger partial charge in [-0.2, -0.15) is 8.42 Å². The third-order valence-electron chi connectivity index (χ3n) is 2.53. The van der Waals surface area contributed by atoms with Crippen molar-refractivity contribution in [3.8, 4) is 0 Å².